The summed E-state index contributed by atoms with van der Waals surface area (Å²) in [6, 6.07) is 0.749. The first-order valence-corrected chi connectivity index (χ1v) is 6.04. The van der Waals surface area contributed by atoms with Gasteiger partial charge in [-0.15, -0.1) is 0 Å². The van der Waals surface area contributed by atoms with Gasteiger partial charge in [0.1, 0.15) is 5.69 Å². The lowest BCUT2D eigenvalue weighted by molar-refractivity contribution is 0.0979. The Hall–Kier alpha value is -1.33. The lowest BCUT2D eigenvalue weighted by atomic mass is 9.92. The number of carbonyl (C=O) groups is 1. The standard InChI is InChI=1S/C12H18N4O/c13-9-1-3-10(4-2-9)16-8-12(17)11-7-14-5-6-15-11/h5-7,9-10,16H,1-4,8,13H2. The van der Waals surface area contributed by atoms with E-state index in [1.165, 1.54) is 12.4 Å². The van der Waals surface area contributed by atoms with E-state index in [9.17, 15) is 4.79 Å². The molecule has 0 aliphatic heterocycles. The Bertz CT molecular complexity index is 360. The normalized spacial score (nSPS) is 24.5. The molecule has 5 heteroatoms. The van der Waals surface area contributed by atoms with Gasteiger partial charge in [0, 0.05) is 24.5 Å². The molecule has 0 radical (unpaired) electrons. The lowest BCUT2D eigenvalue weighted by Gasteiger charge is -2.26. The van der Waals surface area contributed by atoms with Gasteiger partial charge in [-0.25, -0.2) is 4.98 Å². The van der Waals surface area contributed by atoms with Crippen molar-refractivity contribution in [2.45, 2.75) is 37.8 Å². The van der Waals surface area contributed by atoms with Crippen LogP contribution in [0.5, 0.6) is 0 Å². The molecule has 0 saturated heterocycles. The maximum atomic E-state index is 11.8. The molecule has 1 fully saturated rings. The van der Waals surface area contributed by atoms with Crippen LogP contribution in [-0.2, 0) is 0 Å². The molecule has 1 aliphatic rings. The summed E-state index contributed by atoms with van der Waals surface area (Å²) in [4.78, 5) is 19.6. The Balaban J connectivity index is 1.77. The summed E-state index contributed by atoms with van der Waals surface area (Å²) in [6.07, 6.45) is 8.78. The molecular weight excluding hydrogens is 216 g/mol. The first-order chi connectivity index (χ1) is 8.25. The van der Waals surface area contributed by atoms with Crippen molar-refractivity contribution in [2.75, 3.05) is 6.54 Å². The maximum absolute atomic E-state index is 11.8. The predicted octanol–water partition coefficient (Wildman–Crippen LogP) is 0.519. The summed E-state index contributed by atoms with van der Waals surface area (Å²) in [7, 11) is 0. The van der Waals surface area contributed by atoms with Crippen molar-refractivity contribution < 1.29 is 4.79 Å². The summed E-state index contributed by atoms with van der Waals surface area (Å²) in [6.45, 7) is 0.332. The molecule has 5 nitrogen and oxygen atoms in total. The number of Topliss-reactive ketones (excluding diaryl/α,β-unsaturated/α-hetero) is 1. The van der Waals surface area contributed by atoms with Gasteiger partial charge in [-0.2, -0.15) is 0 Å². The molecule has 0 amide bonds. The number of hydrogen-bond donors (Lipinski definition) is 2. The first-order valence-electron chi connectivity index (χ1n) is 6.04. The number of nitrogens with zero attached hydrogens (tertiary/aromatic N) is 2. The van der Waals surface area contributed by atoms with Crippen LogP contribution < -0.4 is 11.1 Å². The molecule has 17 heavy (non-hydrogen) atoms. The van der Waals surface area contributed by atoms with Gasteiger partial charge < -0.3 is 11.1 Å². The van der Waals surface area contributed by atoms with E-state index in [4.69, 9.17) is 5.73 Å². The van der Waals surface area contributed by atoms with E-state index in [1.54, 1.807) is 6.20 Å². The number of nitrogens with one attached hydrogen (secondary N) is 1. The van der Waals surface area contributed by atoms with Crippen LogP contribution >= 0.6 is 0 Å². The fourth-order valence-corrected chi connectivity index (χ4v) is 2.09. The summed E-state index contributed by atoms with van der Waals surface area (Å²) >= 11 is 0. The molecule has 1 aromatic heterocycles. The van der Waals surface area contributed by atoms with Crippen LogP contribution in [-0.4, -0.2) is 34.4 Å². The number of aromatic nitrogens is 2. The molecule has 0 bridgehead atoms. The Labute approximate surface area is 101 Å². The molecule has 0 spiro atoms. The lowest BCUT2D eigenvalue weighted by Crippen LogP contribution is -2.39. The zero-order chi connectivity index (χ0) is 12.1. The van der Waals surface area contributed by atoms with Crippen molar-refractivity contribution in [3.63, 3.8) is 0 Å². The highest BCUT2D eigenvalue weighted by molar-refractivity contribution is 5.95. The van der Waals surface area contributed by atoms with E-state index >= 15 is 0 Å². The van der Waals surface area contributed by atoms with Gasteiger partial charge in [0.05, 0.1) is 12.7 Å². The number of hydrogen-bond acceptors (Lipinski definition) is 5. The molecule has 0 unspecified atom stereocenters. The number of rotatable bonds is 4. The zero-order valence-electron chi connectivity index (χ0n) is 9.80. The van der Waals surface area contributed by atoms with Gasteiger partial charge in [0.25, 0.3) is 0 Å². The van der Waals surface area contributed by atoms with Crippen molar-refractivity contribution >= 4 is 5.78 Å². The summed E-state index contributed by atoms with van der Waals surface area (Å²) in [5, 5.41) is 3.27. The third-order valence-electron chi connectivity index (χ3n) is 3.17. The Morgan fingerprint density at radius 3 is 2.76 bits per heavy atom. The highest BCUT2D eigenvalue weighted by Gasteiger charge is 2.19. The van der Waals surface area contributed by atoms with Crippen LogP contribution in [0.25, 0.3) is 0 Å². The van der Waals surface area contributed by atoms with E-state index in [1.807, 2.05) is 0 Å². The quantitative estimate of drug-likeness (QED) is 0.742. The fourth-order valence-electron chi connectivity index (χ4n) is 2.09. The second kappa shape index (κ2) is 5.84. The summed E-state index contributed by atoms with van der Waals surface area (Å²) in [5.41, 5.74) is 6.25. The van der Waals surface area contributed by atoms with Crippen LogP contribution in [0.4, 0.5) is 0 Å². The zero-order valence-corrected chi connectivity index (χ0v) is 9.80. The minimum absolute atomic E-state index is 0.00651. The first kappa shape index (κ1) is 12.1. The monoisotopic (exact) mass is 234 g/mol. The van der Waals surface area contributed by atoms with Gasteiger partial charge in [0.2, 0.25) is 0 Å². The van der Waals surface area contributed by atoms with Crippen molar-refractivity contribution in [1.29, 1.82) is 0 Å². The highest BCUT2D eigenvalue weighted by atomic mass is 16.1. The second-order valence-electron chi connectivity index (χ2n) is 4.51. The molecule has 2 rings (SSSR count). The number of nitrogens with two attached hydrogens (primary N) is 1. The highest BCUT2D eigenvalue weighted by Crippen LogP contribution is 2.16. The molecule has 1 heterocycles. The fraction of sp³-hybridized carbons (Fsp3) is 0.583. The largest absolute Gasteiger partial charge is 0.328 e. The maximum Gasteiger partial charge on any atom is 0.196 e. The van der Waals surface area contributed by atoms with E-state index in [0.717, 1.165) is 25.7 Å². The van der Waals surface area contributed by atoms with E-state index in [0.29, 0.717) is 24.3 Å². The molecule has 1 aliphatic carbocycles. The van der Waals surface area contributed by atoms with Crippen LogP contribution in [0.1, 0.15) is 36.2 Å². The van der Waals surface area contributed by atoms with E-state index in [2.05, 4.69) is 15.3 Å². The Morgan fingerprint density at radius 2 is 2.12 bits per heavy atom. The topological polar surface area (TPSA) is 80.9 Å². The van der Waals surface area contributed by atoms with E-state index < -0.39 is 0 Å². The van der Waals surface area contributed by atoms with Crippen molar-refractivity contribution in [3.05, 3.63) is 24.3 Å². The van der Waals surface area contributed by atoms with Crippen LogP contribution in [0.15, 0.2) is 18.6 Å². The minimum Gasteiger partial charge on any atom is -0.328 e. The third-order valence-corrected chi connectivity index (χ3v) is 3.17. The van der Waals surface area contributed by atoms with Crippen LogP contribution in [0.3, 0.4) is 0 Å². The Kier molecular flexibility index (Phi) is 4.17. The van der Waals surface area contributed by atoms with Crippen LogP contribution in [0, 0.1) is 0 Å². The minimum atomic E-state index is -0.00651. The molecule has 0 aromatic carbocycles. The van der Waals surface area contributed by atoms with Crippen molar-refractivity contribution in [1.82, 2.24) is 15.3 Å². The average molecular weight is 234 g/mol. The summed E-state index contributed by atoms with van der Waals surface area (Å²) < 4.78 is 0. The number of ketones is 1. The van der Waals surface area contributed by atoms with Gasteiger partial charge >= 0.3 is 0 Å². The SMILES string of the molecule is NC1CCC(NCC(=O)c2cnccn2)CC1. The van der Waals surface area contributed by atoms with Gasteiger partial charge in [-0.05, 0) is 25.7 Å². The average Bonchev–Trinajstić information content (AvgIpc) is 2.39. The van der Waals surface area contributed by atoms with Crippen LogP contribution in [0.2, 0.25) is 0 Å². The molecule has 3 N–H and O–H groups in total. The smallest absolute Gasteiger partial charge is 0.196 e. The predicted molar refractivity (Wildman–Crippen MR) is 64.6 cm³/mol. The number of carbonyl (C=O) groups excluding carboxylic acids is 1. The van der Waals surface area contributed by atoms with Gasteiger partial charge in [-0.3, -0.25) is 9.78 Å². The molecule has 92 valence electrons. The Morgan fingerprint density at radius 1 is 1.35 bits per heavy atom. The summed E-state index contributed by atoms with van der Waals surface area (Å²) in [5.74, 6) is -0.00651. The molecular formula is C12H18N4O. The third kappa shape index (κ3) is 3.57. The van der Waals surface area contributed by atoms with E-state index in [-0.39, 0.29) is 5.78 Å². The van der Waals surface area contributed by atoms with Crippen molar-refractivity contribution in [3.8, 4) is 0 Å². The molecule has 1 saturated carbocycles. The second-order valence-corrected chi connectivity index (χ2v) is 4.51. The van der Waals surface area contributed by atoms with Crippen molar-refractivity contribution in [2.24, 2.45) is 5.73 Å². The molecule has 1 aromatic rings. The van der Waals surface area contributed by atoms with Gasteiger partial charge in [-0.1, -0.05) is 0 Å². The van der Waals surface area contributed by atoms with Gasteiger partial charge in [0.15, 0.2) is 5.78 Å². The molecule has 0 atom stereocenters.